The number of thiophene rings is 1. The quantitative estimate of drug-likeness (QED) is 0.533. The summed E-state index contributed by atoms with van der Waals surface area (Å²) in [6.07, 6.45) is 5.63. The Bertz CT molecular complexity index is 1160. The van der Waals surface area contributed by atoms with Gasteiger partial charge in [-0.05, 0) is 38.2 Å². The van der Waals surface area contributed by atoms with Crippen molar-refractivity contribution in [1.82, 2.24) is 15.0 Å². The van der Waals surface area contributed by atoms with Crippen molar-refractivity contribution in [2.45, 2.75) is 54.9 Å². The van der Waals surface area contributed by atoms with E-state index in [1.807, 2.05) is 6.07 Å². The summed E-state index contributed by atoms with van der Waals surface area (Å²) in [6.45, 7) is 1.80. The van der Waals surface area contributed by atoms with Crippen LogP contribution in [-0.4, -0.2) is 55.3 Å². The Labute approximate surface area is 201 Å². The zero-order valence-electron chi connectivity index (χ0n) is 17.5. The second-order valence-corrected chi connectivity index (χ2v) is 13.1. The molecule has 11 heteroatoms. The highest BCUT2D eigenvalue weighted by molar-refractivity contribution is 7.85. The van der Waals surface area contributed by atoms with E-state index in [4.69, 9.17) is 26.6 Å². The lowest BCUT2D eigenvalue weighted by molar-refractivity contribution is 0.143. The highest BCUT2D eigenvalue weighted by Crippen LogP contribution is 2.41. The first-order chi connectivity index (χ1) is 15.5. The Kier molecular flexibility index (Phi) is 5.41. The van der Waals surface area contributed by atoms with E-state index in [9.17, 15) is 9.32 Å². The molecule has 2 fully saturated rings. The van der Waals surface area contributed by atoms with E-state index in [2.05, 4.69) is 10.2 Å². The maximum Gasteiger partial charge on any atom is 0.227 e. The molecule has 0 unspecified atom stereocenters. The van der Waals surface area contributed by atoms with Crippen LogP contribution in [-0.2, 0) is 17.2 Å². The van der Waals surface area contributed by atoms with Crippen LogP contribution < -0.4 is 10.2 Å². The fourth-order valence-corrected chi connectivity index (χ4v) is 8.63. The minimum absolute atomic E-state index is 0.0651. The minimum atomic E-state index is -1.08. The van der Waals surface area contributed by atoms with E-state index in [0.717, 1.165) is 64.9 Å². The molecule has 1 saturated heterocycles. The topological polar surface area (TPSA) is 91.2 Å². The number of aliphatic hydroxyl groups is 1. The summed E-state index contributed by atoms with van der Waals surface area (Å²) in [5.74, 6) is 2.42. The Hall–Kier alpha value is -1.33. The van der Waals surface area contributed by atoms with Gasteiger partial charge in [-0.15, -0.1) is 22.7 Å². The van der Waals surface area contributed by atoms with Crippen LogP contribution >= 0.6 is 34.3 Å². The van der Waals surface area contributed by atoms with Crippen LogP contribution in [0.25, 0.3) is 9.53 Å². The number of anilines is 2. The lowest BCUT2D eigenvalue weighted by atomic mass is 9.77. The first kappa shape index (κ1) is 21.2. The molecule has 1 atom stereocenters. The smallest absolute Gasteiger partial charge is 0.227 e. The third-order valence-electron chi connectivity index (χ3n) is 6.88. The van der Waals surface area contributed by atoms with Gasteiger partial charge < -0.3 is 15.3 Å². The van der Waals surface area contributed by atoms with Gasteiger partial charge in [0.1, 0.15) is 15.5 Å². The number of nitrogens with zero attached hydrogens (tertiary/aromatic N) is 4. The van der Waals surface area contributed by atoms with Crippen LogP contribution in [0, 0.1) is 0 Å². The SMILES string of the molecule is O=[S@]1CCc2nc(N3CCC(c4nc5sc(Cl)cc5s4)CC3)nc(NC3(CO)CCC3)c21. The van der Waals surface area contributed by atoms with Crippen molar-refractivity contribution < 1.29 is 9.32 Å². The molecule has 2 aliphatic heterocycles. The molecule has 5 heterocycles. The summed E-state index contributed by atoms with van der Waals surface area (Å²) >= 11 is 9.40. The predicted molar refractivity (Wildman–Crippen MR) is 131 cm³/mol. The normalized spacial score (nSPS) is 22.8. The zero-order chi connectivity index (χ0) is 21.9. The predicted octanol–water partition coefficient (Wildman–Crippen LogP) is 4.18. The third kappa shape index (κ3) is 3.64. The standard InChI is InChI=1S/C21H24ClN5O2S3/c22-15-10-14-19(31-15)25-18(30-14)12-2-7-27(8-3-12)20-23-13-4-9-32(29)16(13)17(24-20)26-21(11-28)5-1-6-21/h10,12,28H,1-9,11H2,(H,23,24,26)/t32-/m0/s1. The van der Waals surface area contributed by atoms with Crippen molar-refractivity contribution in [2.24, 2.45) is 0 Å². The van der Waals surface area contributed by atoms with E-state index >= 15 is 0 Å². The number of hydrogen-bond acceptors (Lipinski definition) is 9. The zero-order valence-corrected chi connectivity index (χ0v) is 20.7. The Morgan fingerprint density at radius 1 is 1.25 bits per heavy atom. The number of hydrogen-bond donors (Lipinski definition) is 2. The first-order valence-corrected chi connectivity index (χ1v) is 14.4. The molecule has 0 radical (unpaired) electrons. The Balaban J connectivity index is 1.23. The fraction of sp³-hybridized carbons (Fsp3) is 0.571. The van der Waals surface area contributed by atoms with Gasteiger partial charge in [0.05, 0.1) is 42.7 Å². The molecule has 0 aromatic carbocycles. The molecule has 170 valence electrons. The number of rotatable bonds is 5. The number of halogens is 1. The molecule has 3 aromatic heterocycles. The lowest BCUT2D eigenvalue weighted by Gasteiger charge is -2.42. The van der Waals surface area contributed by atoms with Crippen LogP contribution in [0.2, 0.25) is 4.34 Å². The third-order valence-corrected chi connectivity index (χ3v) is 10.8. The molecule has 32 heavy (non-hydrogen) atoms. The van der Waals surface area contributed by atoms with E-state index in [-0.39, 0.29) is 12.1 Å². The van der Waals surface area contributed by atoms with Crippen LogP contribution in [0.3, 0.4) is 0 Å². The van der Waals surface area contributed by atoms with Crippen molar-refractivity contribution in [2.75, 3.05) is 35.7 Å². The van der Waals surface area contributed by atoms with Crippen LogP contribution in [0.4, 0.5) is 11.8 Å². The molecule has 7 nitrogen and oxygen atoms in total. The van der Waals surface area contributed by atoms with Gasteiger partial charge in [-0.2, -0.15) is 4.98 Å². The number of piperidine rings is 1. The number of aryl methyl sites for hydroxylation is 1. The molecular formula is C21H24ClN5O2S3. The van der Waals surface area contributed by atoms with Crippen LogP contribution in [0.5, 0.6) is 0 Å². The molecule has 2 N–H and O–H groups in total. The van der Waals surface area contributed by atoms with Gasteiger partial charge in [-0.25, -0.2) is 9.97 Å². The second-order valence-electron chi connectivity index (χ2n) is 8.90. The summed E-state index contributed by atoms with van der Waals surface area (Å²) < 4.78 is 14.6. The van der Waals surface area contributed by atoms with Crippen molar-refractivity contribution in [3.05, 3.63) is 21.1 Å². The van der Waals surface area contributed by atoms with Crippen molar-refractivity contribution in [3.8, 4) is 0 Å². The van der Waals surface area contributed by atoms with Crippen LogP contribution in [0.1, 0.15) is 48.7 Å². The van der Waals surface area contributed by atoms with Gasteiger partial charge in [0.15, 0.2) is 0 Å². The number of fused-ring (bicyclic) bond motifs is 2. The summed E-state index contributed by atoms with van der Waals surface area (Å²) in [6, 6.07) is 2.01. The molecule has 0 spiro atoms. The molecule has 3 aliphatic rings. The summed E-state index contributed by atoms with van der Waals surface area (Å²) in [4.78, 5) is 18.5. The average molecular weight is 510 g/mol. The number of nitrogens with one attached hydrogen (secondary N) is 1. The van der Waals surface area contributed by atoms with Gasteiger partial charge in [0, 0.05) is 31.2 Å². The molecule has 6 rings (SSSR count). The molecule has 3 aromatic rings. The van der Waals surface area contributed by atoms with Crippen molar-refractivity contribution in [1.29, 1.82) is 0 Å². The highest BCUT2D eigenvalue weighted by Gasteiger charge is 2.39. The highest BCUT2D eigenvalue weighted by atomic mass is 35.5. The second kappa shape index (κ2) is 8.16. The number of aromatic nitrogens is 3. The largest absolute Gasteiger partial charge is 0.394 e. The maximum absolute atomic E-state index is 12.6. The van der Waals surface area contributed by atoms with Crippen LogP contribution in [0.15, 0.2) is 11.0 Å². The number of thiazole rings is 1. The van der Waals surface area contributed by atoms with Gasteiger partial charge >= 0.3 is 0 Å². The van der Waals surface area contributed by atoms with E-state index in [1.165, 1.54) is 9.71 Å². The van der Waals surface area contributed by atoms with Gasteiger partial charge in [-0.3, -0.25) is 4.21 Å². The molecule has 0 amide bonds. The monoisotopic (exact) mass is 509 g/mol. The van der Waals surface area contributed by atoms with Gasteiger partial charge in [0.2, 0.25) is 5.95 Å². The van der Waals surface area contributed by atoms with Gasteiger partial charge in [0.25, 0.3) is 0 Å². The average Bonchev–Trinajstić information content (AvgIpc) is 3.43. The summed E-state index contributed by atoms with van der Waals surface area (Å²) in [7, 11) is -1.08. The van der Waals surface area contributed by atoms with E-state index in [1.54, 1.807) is 22.7 Å². The van der Waals surface area contributed by atoms with Gasteiger partial charge in [-0.1, -0.05) is 11.6 Å². The lowest BCUT2D eigenvalue weighted by Crippen LogP contribution is -2.48. The molecule has 1 saturated carbocycles. The minimum Gasteiger partial charge on any atom is -0.394 e. The Morgan fingerprint density at radius 2 is 2.06 bits per heavy atom. The molecular weight excluding hydrogens is 486 g/mol. The summed E-state index contributed by atoms with van der Waals surface area (Å²) in [5, 5.41) is 14.6. The van der Waals surface area contributed by atoms with Crippen molar-refractivity contribution in [3.63, 3.8) is 0 Å². The fourth-order valence-electron chi connectivity index (χ4n) is 4.81. The molecule has 1 aliphatic carbocycles. The Morgan fingerprint density at radius 3 is 2.75 bits per heavy atom. The van der Waals surface area contributed by atoms with E-state index < -0.39 is 10.8 Å². The molecule has 0 bridgehead atoms. The number of aliphatic hydroxyl groups excluding tert-OH is 1. The maximum atomic E-state index is 12.6. The van der Waals surface area contributed by atoms with E-state index in [0.29, 0.717) is 29.9 Å². The first-order valence-electron chi connectivity index (χ1n) is 11.0. The van der Waals surface area contributed by atoms with Crippen molar-refractivity contribution >= 4 is 66.4 Å². The summed E-state index contributed by atoms with van der Waals surface area (Å²) in [5.41, 5.74) is 0.558.